The predicted molar refractivity (Wildman–Crippen MR) is 96.2 cm³/mol. The van der Waals surface area contributed by atoms with Crippen LogP contribution in [0.15, 0.2) is 48.7 Å². The van der Waals surface area contributed by atoms with Crippen LogP contribution < -0.4 is 4.90 Å². The zero-order chi connectivity index (χ0) is 16.4. The fourth-order valence-corrected chi connectivity index (χ4v) is 3.03. The van der Waals surface area contributed by atoms with E-state index in [1.54, 1.807) is 0 Å². The van der Waals surface area contributed by atoms with Crippen LogP contribution in [0.4, 0.5) is 5.69 Å². The van der Waals surface area contributed by atoms with Crippen molar-refractivity contribution in [3.05, 3.63) is 64.8 Å². The highest BCUT2D eigenvalue weighted by Crippen LogP contribution is 2.24. The summed E-state index contributed by atoms with van der Waals surface area (Å²) in [5, 5.41) is 1.68. The number of anilines is 1. The van der Waals surface area contributed by atoms with Crippen molar-refractivity contribution >= 4 is 34.1 Å². The molecule has 0 radical (unpaired) electrons. The number of aromatic amines is 1. The lowest BCUT2D eigenvalue weighted by atomic mass is 10.1. The standard InChI is InChI=1S/C19H19ClN2O/c1-3-22(16-6-4-5-13(2)9-16)19(23)10-14-12-21-18-8-7-15(20)11-17(14)18/h4-9,11-12,21H,3,10H2,1-2H3. The normalized spacial score (nSPS) is 10.9. The van der Waals surface area contributed by atoms with E-state index in [1.165, 1.54) is 0 Å². The third-order valence-corrected chi connectivity index (χ3v) is 4.24. The second kappa shape index (κ2) is 6.47. The number of halogens is 1. The minimum atomic E-state index is 0.0824. The number of carbonyl (C=O) groups excluding carboxylic acids is 1. The lowest BCUT2D eigenvalue weighted by Gasteiger charge is -2.21. The van der Waals surface area contributed by atoms with Crippen LogP contribution in [-0.2, 0) is 11.2 Å². The molecule has 1 amide bonds. The van der Waals surface area contributed by atoms with Crippen LogP contribution in [0.1, 0.15) is 18.1 Å². The van der Waals surface area contributed by atoms with E-state index in [2.05, 4.69) is 4.98 Å². The number of likely N-dealkylation sites (N-methyl/N-ethyl adjacent to an activating group) is 1. The Morgan fingerprint density at radius 1 is 1.22 bits per heavy atom. The molecular formula is C19H19ClN2O. The molecule has 0 aliphatic rings. The largest absolute Gasteiger partial charge is 0.361 e. The van der Waals surface area contributed by atoms with Gasteiger partial charge in [0, 0.05) is 34.4 Å². The van der Waals surface area contributed by atoms with Crippen LogP contribution in [0.5, 0.6) is 0 Å². The maximum Gasteiger partial charge on any atom is 0.231 e. The first-order valence-corrected chi connectivity index (χ1v) is 8.09. The fraction of sp³-hybridized carbons (Fsp3) is 0.211. The summed E-state index contributed by atoms with van der Waals surface area (Å²) in [7, 11) is 0. The molecule has 0 unspecified atom stereocenters. The smallest absolute Gasteiger partial charge is 0.231 e. The van der Waals surface area contributed by atoms with Crippen LogP contribution in [0, 0.1) is 6.92 Å². The summed E-state index contributed by atoms with van der Waals surface area (Å²) >= 11 is 6.08. The van der Waals surface area contributed by atoms with Crippen molar-refractivity contribution in [3.8, 4) is 0 Å². The average molecular weight is 327 g/mol. The van der Waals surface area contributed by atoms with Crippen LogP contribution in [0.3, 0.4) is 0 Å². The van der Waals surface area contributed by atoms with Gasteiger partial charge < -0.3 is 9.88 Å². The van der Waals surface area contributed by atoms with E-state index in [4.69, 9.17) is 11.6 Å². The quantitative estimate of drug-likeness (QED) is 0.739. The lowest BCUT2D eigenvalue weighted by Crippen LogP contribution is -2.31. The molecule has 0 spiro atoms. The van der Waals surface area contributed by atoms with E-state index < -0.39 is 0 Å². The number of hydrogen-bond acceptors (Lipinski definition) is 1. The third-order valence-electron chi connectivity index (χ3n) is 4.00. The predicted octanol–water partition coefficient (Wildman–Crippen LogP) is 4.73. The first-order chi connectivity index (χ1) is 11.1. The molecular weight excluding hydrogens is 308 g/mol. The van der Waals surface area contributed by atoms with Crippen molar-refractivity contribution in [2.75, 3.05) is 11.4 Å². The Labute approximate surface area is 140 Å². The Morgan fingerprint density at radius 3 is 2.78 bits per heavy atom. The van der Waals surface area contributed by atoms with Crippen LogP contribution in [-0.4, -0.2) is 17.4 Å². The number of rotatable bonds is 4. The molecule has 1 aromatic heterocycles. The highest BCUT2D eigenvalue weighted by molar-refractivity contribution is 6.31. The molecule has 0 saturated carbocycles. The number of carbonyl (C=O) groups is 1. The van der Waals surface area contributed by atoms with E-state index in [1.807, 2.05) is 67.4 Å². The van der Waals surface area contributed by atoms with Crippen LogP contribution >= 0.6 is 11.6 Å². The van der Waals surface area contributed by atoms with E-state index in [0.717, 1.165) is 27.7 Å². The topological polar surface area (TPSA) is 36.1 Å². The Hall–Kier alpha value is -2.26. The van der Waals surface area contributed by atoms with Crippen molar-refractivity contribution in [2.24, 2.45) is 0 Å². The van der Waals surface area contributed by atoms with Gasteiger partial charge in [-0.25, -0.2) is 0 Å². The number of hydrogen-bond donors (Lipinski definition) is 1. The van der Waals surface area contributed by atoms with Gasteiger partial charge in [0.2, 0.25) is 5.91 Å². The number of H-pyrrole nitrogens is 1. The van der Waals surface area contributed by atoms with E-state index in [0.29, 0.717) is 18.0 Å². The first-order valence-electron chi connectivity index (χ1n) is 7.71. The van der Waals surface area contributed by atoms with E-state index in [-0.39, 0.29) is 5.91 Å². The van der Waals surface area contributed by atoms with Crippen LogP contribution in [0.2, 0.25) is 5.02 Å². The summed E-state index contributed by atoms with van der Waals surface area (Å²) in [5.41, 5.74) is 4.05. The Morgan fingerprint density at radius 2 is 2.04 bits per heavy atom. The number of aromatic nitrogens is 1. The maximum absolute atomic E-state index is 12.8. The van der Waals surface area contributed by atoms with Crippen molar-refractivity contribution in [3.63, 3.8) is 0 Å². The zero-order valence-corrected chi connectivity index (χ0v) is 14.0. The zero-order valence-electron chi connectivity index (χ0n) is 13.3. The molecule has 0 fully saturated rings. The number of amides is 1. The van der Waals surface area contributed by atoms with Crippen molar-refractivity contribution < 1.29 is 4.79 Å². The second-order valence-corrected chi connectivity index (χ2v) is 6.09. The van der Waals surface area contributed by atoms with Gasteiger partial charge in [-0.2, -0.15) is 0 Å². The van der Waals surface area contributed by atoms with Gasteiger partial charge in [0.05, 0.1) is 6.42 Å². The van der Waals surface area contributed by atoms with E-state index >= 15 is 0 Å². The van der Waals surface area contributed by atoms with Gasteiger partial charge in [0.25, 0.3) is 0 Å². The SMILES string of the molecule is CCN(C(=O)Cc1c[nH]c2ccc(Cl)cc12)c1cccc(C)c1. The molecule has 3 aromatic rings. The number of benzene rings is 2. The highest BCUT2D eigenvalue weighted by atomic mass is 35.5. The summed E-state index contributed by atoms with van der Waals surface area (Å²) in [6.45, 7) is 4.67. The Balaban J connectivity index is 1.88. The average Bonchev–Trinajstić information content (AvgIpc) is 2.90. The Bertz CT molecular complexity index is 853. The molecule has 0 bridgehead atoms. The molecule has 23 heavy (non-hydrogen) atoms. The summed E-state index contributed by atoms with van der Waals surface area (Å²) in [4.78, 5) is 17.8. The van der Waals surface area contributed by atoms with Gasteiger partial charge in [-0.05, 0) is 55.3 Å². The minimum Gasteiger partial charge on any atom is -0.361 e. The number of nitrogens with one attached hydrogen (secondary N) is 1. The van der Waals surface area contributed by atoms with Crippen LogP contribution in [0.25, 0.3) is 10.9 Å². The van der Waals surface area contributed by atoms with Crippen molar-refractivity contribution in [1.82, 2.24) is 4.98 Å². The first kappa shape index (κ1) is 15.6. The summed E-state index contributed by atoms with van der Waals surface area (Å²) in [6.07, 6.45) is 2.24. The van der Waals surface area contributed by atoms with Gasteiger partial charge in [-0.3, -0.25) is 4.79 Å². The van der Waals surface area contributed by atoms with E-state index in [9.17, 15) is 4.79 Å². The molecule has 4 heteroatoms. The summed E-state index contributed by atoms with van der Waals surface area (Å²) in [6, 6.07) is 13.7. The number of nitrogens with zero attached hydrogens (tertiary/aromatic N) is 1. The molecule has 1 heterocycles. The molecule has 0 aliphatic heterocycles. The molecule has 1 N–H and O–H groups in total. The van der Waals surface area contributed by atoms with Gasteiger partial charge >= 0.3 is 0 Å². The summed E-state index contributed by atoms with van der Waals surface area (Å²) in [5.74, 6) is 0.0824. The molecule has 0 aliphatic carbocycles. The number of fused-ring (bicyclic) bond motifs is 1. The molecule has 2 aromatic carbocycles. The van der Waals surface area contributed by atoms with Gasteiger partial charge in [-0.1, -0.05) is 23.7 Å². The lowest BCUT2D eigenvalue weighted by molar-refractivity contribution is -0.117. The van der Waals surface area contributed by atoms with Gasteiger partial charge in [0.1, 0.15) is 0 Å². The van der Waals surface area contributed by atoms with Crippen molar-refractivity contribution in [2.45, 2.75) is 20.3 Å². The monoisotopic (exact) mass is 326 g/mol. The molecule has 0 atom stereocenters. The number of aryl methyl sites for hydroxylation is 1. The molecule has 3 rings (SSSR count). The maximum atomic E-state index is 12.8. The molecule has 118 valence electrons. The van der Waals surface area contributed by atoms with Crippen molar-refractivity contribution in [1.29, 1.82) is 0 Å². The second-order valence-electron chi connectivity index (χ2n) is 5.66. The van der Waals surface area contributed by atoms with Gasteiger partial charge in [-0.15, -0.1) is 0 Å². The van der Waals surface area contributed by atoms with Gasteiger partial charge in [0.15, 0.2) is 0 Å². The molecule has 3 nitrogen and oxygen atoms in total. The highest BCUT2D eigenvalue weighted by Gasteiger charge is 2.16. The Kier molecular flexibility index (Phi) is 4.39. The minimum absolute atomic E-state index is 0.0824. The third kappa shape index (κ3) is 3.25. The molecule has 0 saturated heterocycles. The summed E-state index contributed by atoms with van der Waals surface area (Å²) < 4.78 is 0. The fourth-order valence-electron chi connectivity index (χ4n) is 2.85.